The van der Waals surface area contributed by atoms with Gasteiger partial charge in [0.15, 0.2) is 0 Å². The van der Waals surface area contributed by atoms with Crippen molar-refractivity contribution in [3.05, 3.63) is 94.5 Å². The van der Waals surface area contributed by atoms with Crippen molar-refractivity contribution in [3.8, 4) is 0 Å². The largest absolute Gasteiger partial charge is 0.357 e. The number of rotatable bonds is 10. The Labute approximate surface area is 221 Å². The van der Waals surface area contributed by atoms with Crippen molar-refractivity contribution in [1.82, 2.24) is 10.2 Å². The van der Waals surface area contributed by atoms with Gasteiger partial charge in [0.2, 0.25) is 11.8 Å². The van der Waals surface area contributed by atoms with Gasteiger partial charge in [-0.05, 0) is 36.2 Å². The first-order chi connectivity index (χ1) is 17.2. The summed E-state index contributed by atoms with van der Waals surface area (Å²) in [5, 5.41) is 2.74. The van der Waals surface area contributed by atoms with Crippen molar-refractivity contribution in [2.45, 2.75) is 30.8 Å². The molecule has 0 spiro atoms. The van der Waals surface area contributed by atoms with E-state index < -0.39 is 28.5 Å². The van der Waals surface area contributed by atoms with Gasteiger partial charge in [0, 0.05) is 13.6 Å². The fourth-order valence-electron chi connectivity index (χ4n) is 3.78. The Kier molecular flexibility index (Phi) is 9.37. The molecule has 36 heavy (non-hydrogen) atoms. The number of likely N-dealkylation sites (N-methyl/N-ethyl adjacent to an activating group) is 1. The summed E-state index contributed by atoms with van der Waals surface area (Å²) in [6.45, 7) is 1.32. The van der Waals surface area contributed by atoms with E-state index in [1.54, 1.807) is 31.2 Å². The van der Waals surface area contributed by atoms with Gasteiger partial charge in [-0.2, -0.15) is 0 Å². The molecule has 0 fully saturated rings. The second-order valence-electron chi connectivity index (χ2n) is 7.94. The van der Waals surface area contributed by atoms with Crippen molar-refractivity contribution in [3.63, 3.8) is 0 Å². The molecule has 0 aromatic heterocycles. The average Bonchev–Trinajstić information content (AvgIpc) is 2.89. The van der Waals surface area contributed by atoms with Crippen LogP contribution in [-0.2, 0) is 26.2 Å². The van der Waals surface area contributed by atoms with Crippen LogP contribution in [0.3, 0.4) is 0 Å². The fourth-order valence-corrected chi connectivity index (χ4v) is 5.68. The van der Waals surface area contributed by atoms with Crippen LogP contribution < -0.4 is 9.62 Å². The van der Waals surface area contributed by atoms with Gasteiger partial charge < -0.3 is 10.2 Å². The lowest BCUT2D eigenvalue weighted by Gasteiger charge is -2.33. The minimum Gasteiger partial charge on any atom is -0.357 e. The number of hydrogen-bond acceptors (Lipinski definition) is 4. The molecule has 10 heteroatoms. The van der Waals surface area contributed by atoms with E-state index in [1.807, 2.05) is 30.3 Å². The predicted octanol–water partition coefficient (Wildman–Crippen LogP) is 4.74. The first-order valence-corrected chi connectivity index (χ1v) is 13.5. The van der Waals surface area contributed by atoms with E-state index >= 15 is 0 Å². The summed E-state index contributed by atoms with van der Waals surface area (Å²) in [7, 11) is -2.72. The van der Waals surface area contributed by atoms with Crippen molar-refractivity contribution < 1.29 is 18.0 Å². The molecule has 3 rings (SSSR count). The molecular weight excluding hydrogens is 521 g/mol. The SMILES string of the molecule is CCC(C(=O)NC)N(Cc1ccccc1)C(=O)CN(c1cccc(Cl)c1Cl)S(=O)(=O)c1ccccc1. The Morgan fingerprint density at radius 2 is 1.53 bits per heavy atom. The number of carbonyl (C=O) groups excluding carboxylic acids is 2. The number of benzene rings is 3. The number of halogens is 2. The lowest BCUT2D eigenvalue weighted by molar-refractivity contribution is -0.140. The third kappa shape index (κ3) is 6.19. The van der Waals surface area contributed by atoms with Crippen molar-refractivity contribution in [1.29, 1.82) is 0 Å². The average molecular weight is 548 g/mol. The molecular formula is C26H27Cl2N3O4S. The highest BCUT2D eigenvalue weighted by molar-refractivity contribution is 7.92. The first kappa shape index (κ1) is 27.5. The van der Waals surface area contributed by atoms with Crippen LogP contribution in [-0.4, -0.2) is 44.8 Å². The monoisotopic (exact) mass is 547 g/mol. The van der Waals surface area contributed by atoms with Gasteiger partial charge in [-0.15, -0.1) is 0 Å². The molecule has 0 aliphatic heterocycles. The number of amides is 2. The molecule has 0 heterocycles. The van der Waals surface area contributed by atoms with Crippen LogP contribution in [0.1, 0.15) is 18.9 Å². The van der Waals surface area contributed by atoms with E-state index in [4.69, 9.17) is 23.2 Å². The smallest absolute Gasteiger partial charge is 0.264 e. The molecule has 0 bridgehead atoms. The Morgan fingerprint density at radius 3 is 2.11 bits per heavy atom. The van der Waals surface area contributed by atoms with Crippen LogP contribution in [0, 0.1) is 0 Å². The Hall–Kier alpha value is -3.07. The maximum atomic E-state index is 13.8. The number of anilines is 1. The molecule has 0 saturated carbocycles. The van der Waals surface area contributed by atoms with Crippen LogP contribution in [0.2, 0.25) is 10.0 Å². The normalized spacial score (nSPS) is 12.0. The van der Waals surface area contributed by atoms with Gasteiger partial charge in [-0.25, -0.2) is 8.42 Å². The third-order valence-electron chi connectivity index (χ3n) is 5.64. The number of nitrogens with one attached hydrogen (secondary N) is 1. The van der Waals surface area contributed by atoms with Gasteiger partial charge in [0.05, 0.1) is 20.6 Å². The zero-order chi connectivity index (χ0) is 26.3. The van der Waals surface area contributed by atoms with Crippen LogP contribution >= 0.6 is 23.2 Å². The highest BCUT2D eigenvalue weighted by Crippen LogP contribution is 2.35. The van der Waals surface area contributed by atoms with Crippen molar-refractivity contribution >= 4 is 50.7 Å². The van der Waals surface area contributed by atoms with Crippen molar-refractivity contribution in [2.24, 2.45) is 0 Å². The second kappa shape index (κ2) is 12.3. The second-order valence-corrected chi connectivity index (χ2v) is 10.6. The number of sulfonamides is 1. The topological polar surface area (TPSA) is 86.8 Å². The molecule has 7 nitrogen and oxygen atoms in total. The maximum Gasteiger partial charge on any atom is 0.264 e. The van der Waals surface area contributed by atoms with Gasteiger partial charge in [0.25, 0.3) is 10.0 Å². The molecule has 190 valence electrons. The van der Waals surface area contributed by atoms with E-state index in [-0.39, 0.29) is 33.1 Å². The number of carbonyl (C=O) groups is 2. The summed E-state index contributed by atoms with van der Waals surface area (Å²) < 4.78 is 28.4. The zero-order valence-electron chi connectivity index (χ0n) is 19.9. The highest BCUT2D eigenvalue weighted by atomic mass is 35.5. The van der Waals surface area contributed by atoms with Crippen LogP contribution in [0.4, 0.5) is 5.69 Å². The standard InChI is InChI=1S/C26H27Cl2N3O4S/c1-3-22(26(33)29-2)30(17-19-11-6-4-7-12-19)24(32)18-31(23-16-10-15-21(27)25(23)28)36(34,35)20-13-8-5-9-14-20/h4-16,22H,3,17-18H2,1-2H3,(H,29,33). The fraction of sp³-hybridized carbons (Fsp3) is 0.231. The predicted molar refractivity (Wildman–Crippen MR) is 143 cm³/mol. The summed E-state index contributed by atoms with van der Waals surface area (Å²) in [5.74, 6) is -0.912. The van der Waals surface area contributed by atoms with Crippen molar-refractivity contribution in [2.75, 3.05) is 17.9 Å². The first-order valence-electron chi connectivity index (χ1n) is 11.3. The quantitative estimate of drug-likeness (QED) is 0.397. The van der Waals surface area contributed by atoms with Gasteiger partial charge in [0.1, 0.15) is 12.6 Å². The van der Waals surface area contributed by atoms with Crippen LogP contribution in [0.5, 0.6) is 0 Å². The Bertz CT molecular complexity index is 1310. The van der Waals surface area contributed by atoms with Gasteiger partial charge in [-0.3, -0.25) is 13.9 Å². The molecule has 0 aliphatic rings. The number of hydrogen-bond donors (Lipinski definition) is 1. The van der Waals surface area contributed by atoms with Crippen LogP contribution in [0.25, 0.3) is 0 Å². The molecule has 1 atom stereocenters. The maximum absolute atomic E-state index is 13.8. The molecule has 1 N–H and O–H groups in total. The Balaban J connectivity index is 2.09. The summed E-state index contributed by atoms with van der Waals surface area (Å²) in [6, 6.07) is 20.7. The lowest BCUT2D eigenvalue weighted by Crippen LogP contribution is -2.51. The van der Waals surface area contributed by atoms with E-state index in [2.05, 4.69) is 5.32 Å². The minimum atomic E-state index is -4.21. The van der Waals surface area contributed by atoms with E-state index in [0.29, 0.717) is 6.42 Å². The van der Waals surface area contributed by atoms with E-state index in [0.717, 1.165) is 9.87 Å². The lowest BCUT2D eigenvalue weighted by atomic mass is 10.1. The summed E-state index contributed by atoms with van der Waals surface area (Å²) in [4.78, 5) is 27.8. The Morgan fingerprint density at radius 1 is 0.917 bits per heavy atom. The molecule has 0 radical (unpaired) electrons. The van der Waals surface area contributed by atoms with Gasteiger partial charge in [-0.1, -0.05) is 84.7 Å². The molecule has 3 aromatic rings. The highest BCUT2D eigenvalue weighted by Gasteiger charge is 2.34. The number of nitrogens with zero attached hydrogens (tertiary/aromatic N) is 2. The van der Waals surface area contributed by atoms with E-state index in [1.165, 1.54) is 36.2 Å². The van der Waals surface area contributed by atoms with Gasteiger partial charge >= 0.3 is 0 Å². The third-order valence-corrected chi connectivity index (χ3v) is 8.22. The summed E-state index contributed by atoms with van der Waals surface area (Å²) in [5.41, 5.74) is 0.862. The minimum absolute atomic E-state index is 0.000532. The van der Waals surface area contributed by atoms with E-state index in [9.17, 15) is 18.0 Å². The molecule has 1 unspecified atom stereocenters. The molecule has 2 amide bonds. The molecule has 0 aliphatic carbocycles. The molecule has 0 saturated heterocycles. The summed E-state index contributed by atoms with van der Waals surface area (Å²) >= 11 is 12.6. The van der Waals surface area contributed by atoms with Crippen LogP contribution in [0.15, 0.2) is 83.8 Å². The summed E-state index contributed by atoms with van der Waals surface area (Å²) in [6.07, 6.45) is 0.335. The zero-order valence-corrected chi connectivity index (χ0v) is 22.2. The molecule has 3 aromatic carbocycles.